The van der Waals surface area contributed by atoms with Crippen LogP contribution in [0.5, 0.6) is 5.88 Å². The molecule has 0 saturated carbocycles. The Morgan fingerprint density at radius 2 is 1.83 bits per heavy atom. The third-order valence-corrected chi connectivity index (χ3v) is 4.83. The standard InChI is InChI=1S/C12H18N4O11P2/c17-7-3-9(27-8(7)4-26-29(21,22)23)16-6-15-10-11(16)13-5-14-12(10)24-1-2-25-28(18,19)20/h5-9,17H,1-4H2,(H2,18,19,20)(H2,21,22,23)/t7-,8+,9+/m0/s1. The average molecular weight is 456 g/mol. The topological polar surface area (TPSA) is 216 Å². The van der Waals surface area contributed by atoms with Crippen molar-refractivity contribution in [2.45, 2.75) is 24.9 Å². The Balaban J connectivity index is 1.68. The minimum atomic E-state index is -4.70. The van der Waals surface area contributed by atoms with Crippen LogP contribution in [0.25, 0.3) is 11.2 Å². The molecule has 0 bridgehead atoms. The molecule has 15 nitrogen and oxygen atoms in total. The van der Waals surface area contributed by atoms with Gasteiger partial charge in [0, 0.05) is 6.42 Å². The van der Waals surface area contributed by atoms with Gasteiger partial charge < -0.3 is 34.2 Å². The van der Waals surface area contributed by atoms with E-state index in [-0.39, 0.29) is 31.0 Å². The van der Waals surface area contributed by atoms with Crippen molar-refractivity contribution in [3.05, 3.63) is 12.7 Å². The summed E-state index contributed by atoms with van der Waals surface area (Å²) in [7, 11) is -9.31. The lowest BCUT2D eigenvalue weighted by molar-refractivity contribution is -0.0424. The molecule has 0 unspecified atom stereocenters. The third kappa shape index (κ3) is 5.99. The van der Waals surface area contributed by atoms with Gasteiger partial charge in [-0.05, 0) is 0 Å². The first-order chi connectivity index (χ1) is 13.5. The van der Waals surface area contributed by atoms with Crippen molar-refractivity contribution in [3.63, 3.8) is 0 Å². The van der Waals surface area contributed by atoms with E-state index in [0.717, 1.165) is 0 Å². The molecule has 3 rings (SSSR count). The van der Waals surface area contributed by atoms with Crippen LogP contribution in [0.4, 0.5) is 0 Å². The van der Waals surface area contributed by atoms with Crippen LogP contribution in [-0.4, -0.2) is 76.2 Å². The molecule has 0 radical (unpaired) electrons. The van der Waals surface area contributed by atoms with E-state index < -0.39 is 40.7 Å². The summed E-state index contributed by atoms with van der Waals surface area (Å²) in [6.45, 7) is -1.09. The summed E-state index contributed by atoms with van der Waals surface area (Å²) in [4.78, 5) is 47.0. The number of phosphoric ester groups is 2. The van der Waals surface area contributed by atoms with Gasteiger partial charge in [0.25, 0.3) is 0 Å². The number of rotatable bonds is 9. The monoisotopic (exact) mass is 456 g/mol. The number of nitrogens with zero attached hydrogens (tertiary/aromatic N) is 4. The lowest BCUT2D eigenvalue weighted by atomic mass is 10.2. The van der Waals surface area contributed by atoms with Gasteiger partial charge in [0.1, 0.15) is 25.3 Å². The average Bonchev–Trinajstić information content (AvgIpc) is 3.19. The van der Waals surface area contributed by atoms with Crippen molar-refractivity contribution in [1.82, 2.24) is 19.5 Å². The molecule has 1 aliphatic heterocycles. The number of ether oxygens (including phenoxy) is 2. The minimum absolute atomic E-state index is 0.0444. The number of fused-ring (bicyclic) bond motifs is 1. The second kappa shape index (κ2) is 8.70. The fourth-order valence-corrected chi connectivity index (χ4v) is 3.30. The third-order valence-electron chi connectivity index (χ3n) is 3.83. The van der Waals surface area contributed by atoms with Gasteiger partial charge in [-0.1, -0.05) is 0 Å². The van der Waals surface area contributed by atoms with E-state index in [2.05, 4.69) is 24.0 Å². The SMILES string of the molecule is O=P(O)(O)OCCOc1ncnc2c1ncn2[C@H]1C[C@H](O)[C@@H](COP(=O)(O)O)O1. The summed E-state index contributed by atoms with van der Waals surface area (Å²) >= 11 is 0. The normalized spacial score (nSPS) is 23.0. The Bertz CT molecular complexity index is 943. The highest BCUT2D eigenvalue weighted by Gasteiger charge is 2.37. The van der Waals surface area contributed by atoms with Gasteiger partial charge in [-0.15, -0.1) is 0 Å². The molecule has 0 aliphatic carbocycles. The predicted octanol–water partition coefficient (Wildman–Crippen LogP) is -0.928. The molecule has 3 heterocycles. The van der Waals surface area contributed by atoms with E-state index >= 15 is 0 Å². The smallest absolute Gasteiger partial charge is 0.469 e. The van der Waals surface area contributed by atoms with Crippen LogP contribution in [0.1, 0.15) is 12.6 Å². The number of phosphoric acid groups is 2. The summed E-state index contributed by atoms with van der Waals surface area (Å²) in [5.41, 5.74) is 0.524. The molecular weight excluding hydrogens is 438 g/mol. The molecular formula is C12H18N4O11P2. The van der Waals surface area contributed by atoms with E-state index in [9.17, 15) is 14.2 Å². The van der Waals surface area contributed by atoms with Crippen molar-refractivity contribution in [1.29, 1.82) is 0 Å². The highest BCUT2D eigenvalue weighted by molar-refractivity contribution is 7.46. The maximum Gasteiger partial charge on any atom is 0.469 e. The van der Waals surface area contributed by atoms with Crippen molar-refractivity contribution >= 4 is 26.8 Å². The molecule has 5 N–H and O–H groups in total. The van der Waals surface area contributed by atoms with Crippen LogP contribution in [-0.2, 0) is 22.9 Å². The number of aliphatic hydroxyl groups excluding tert-OH is 1. The summed E-state index contributed by atoms with van der Waals surface area (Å²) in [5, 5.41) is 10.1. The Morgan fingerprint density at radius 1 is 1.10 bits per heavy atom. The van der Waals surface area contributed by atoms with E-state index in [1.165, 1.54) is 17.2 Å². The molecule has 162 valence electrons. The fraction of sp³-hybridized carbons (Fsp3) is 0.583. The summed E-state index contributed by atoms with van der Waals surface area (Å²) in [6, 6.07) is 0. The van der Waals surface area contributed by atoms with Crippen LogP contribution in [0.2, 0.25) is 0 Å². The van der Waals surface area contributed by atoms with Gasteiger partial charge in [0.15, 0.2) is 11.2 Å². The molecule has 17 heteroatoms. The molecule has 1 aliphatic rings. The summed E-state index contributed by atoms with van der Waals surface area (Å²) in [5.74, 6) is 0.0444. The second-order valence-electron chi connectivity index (χ2n) is 5.89. The molecule has 0 aromatic carbocycles. The van der Waals surface area contributed by atoms with Crippen LogP contribution >= 0.6 is 15.6 Å². The maximum atomic E-state index is 10.8. The first-order valence-electron chi connectivity index (χ1n) is 8.07. The quantitative estimate of drug-likeness (QED) is 0.228. The lowest BCUT2D eigenvalue weighted by Crippen LogP contribution is -2.25. The molecule has 1 fully saturated rings. The van der Waals surface area contributed by atoms with E-state index in [4.69, 9.17) is 29.0 Å². The van der Waals surface area contributed by atoms with Gasteiger partial charge in [-0.3, -0.25) is 13.6 Å². The van der Waals surface area contributed by atoms with Gasteiger partial charge >= 0.3 is 15.6 Å². The van der Waals surface area contributed by atoms with Crippen LogP contribution in [0.15, 0.2) is 12.7 Å². The number of aromatic nitrogens is 4. The van der Waals surface area contributed by atoms with Gasteiger partial charge in [-0.2, -0.15) is 4.98 Å². The highest BCUT2D eigenvalue weighted by Crippen LogP contribution is 2.39. The Labute approximate surface area is 162 Å². The van der Waals surface area contributed by atoms with Crippen molar-refractivity contribution in [3.8, 4) is 5.88 Å². The molecule has 0 amide bonds. The fourth-order valence-electron chi connectivity index (χ4n) is 2.65. The summed E-state index contributed by atoms with van der Waals surface area (Å²) < 4.78 is 42.5. The zero-order valence-electron chi connectivity index (χ0n) is 14.6. The van der Waals surface area contributed by atoms with Crippen LogP contribution in [0, 0.1) is 0 Å². The molecule has 2 aromatic rings. The largest absolute Gasteiger partial charge is 0.474 e. The van der Waals surface area contributed by atoms with Gasteiger partial charge in [0.2, 0.25) is 5.88 Å². The number of hydrogen-bond acceptors (Lipinski definition) is 10. The first kappa shape index (κ1) is 22.2. The second-order valence-corrected chi connectivity index (χ2v) is 8.37. The van der Waals surface area contributed by atoms with Crippen molar-refractivity contribution < 1.29 is 52.3 Å². The van der Waals surface area contributed by atoms with Crippen LogP contribution < -0.4 is 4.74 Å². The number of aliphatic hydroxyl groups is 1. The Kier molecular flexibility index (Phi) is 6.65. The Hall–Kier alpha value is -1.51. The van der Waals surface area contributed by atoms with E-state index in [1.54, 1.807) is 0 Å². The van der Waals surface area contributed by atoms with Crippen molar-refractivity contribution in [2.75, 3.05) is 19.8 Å². The van der Waals surface area contributed by atoms with Gasteiger partial charge in [0.05, 0.1) is 25.6 Å². The predicted molar refractivity (Wildman–Crippen MR) is 91.3 cm³/mol. The zero-order chi connectivity index (χ0) is 21.2. The van der Waals surface area contributed by atoms with E-state index in [0.29, 0.717) is 5.65 Å². The highest BCUT2D eigenvalue weighted by atomic mass is 31.2. The van der Waals surface area contributed by atoms with Crippen molar-refractivity contribution in [2.24, 2.45) is 0 Å². The number of hydrogen-bond donors (Lipinski definition) is 5. The Morgan fingerprint density at radius 3 is 2.52 bits per heavy atom. The molecule has 29 heavy (non-hydrogen) atoms. The minimum Gasteiger partial charge on any atom is -0.474 e. The molecule has 3 atom stereocenters. The maximum absolute atomic E-state index is 10.8. The lowest BCUT2D eigenvalue weighted by Gasteiger charge is -2.16. The summed E-state index contributed by atoms with van der Waals surface area (Å²) in [6.07, 6.45) is -0.0989. The van der Waals surface area contributed by atoms with E-state index in [1.807, 2.05) is 0 Å². The molecule has 1 saturated heterocycles. The molecule has 2 aromatic heterocycles. The first-order valence-corrected chi connectivity index (χ1v) is 11.1. The van der Waals surface area contributed by atoms with Gasteiger partial charge in [-0.25, -0.2) is 19.1 Å². The van der Waals surface area contributed by atoms with Crippen LogP contribution in [0.3, 0.4) is 0 Å². The molecule has 0 spiro atoms. The zero-order valence-corrected chi connectivity index (χ0v) is 16.4. The number of imidazole rings is 1.